The Balaban J connectivity index is 1.16. The fourth-order valence-corrected chi connectivity index (χ4v) is 7.77. The van der Waals surface area contributed by atoms with Gasteiger partial charge in [-0.1, -0.05) is 0 Å². The van der Waals surface area contributed by atoms with E-state index in [0.29, 0.717) is 55.1 Å². The number of amides is 2. The molecular weight excluding hydrogens is 587 g/mol. The number of aryl methyl sites for hydroxylation is 1. The Morgan fingerprint density at radius 2 is 1.89 bits per heavy atom. The van der Waals surface area contributed by atoms with Crippen molar-refractivity contribution in [2.24, 2.45) is 24.1 Å². The second kappa shape index (κ2) is 10.2. The zero-order chi connectivity index (χ0) is 32.1. The molecule has 1 saturated heterocycles. The fraction of sp³-hybridized carbons (Fsp3) is 0.529. The first-order chi connectivity index (χ1) is 22.0. The van der Waals surface area contributed by atoms with Gasteiger partial charge in [-0.15, -0.1) is 0 Å². The number of benzene rings is 1. The molecule has 3 aromatic heterocycles. The summed E-state index contributed by atoms with van der Waals surface area (Å²) in [6.45, 7) is 3.92. The van der Waals surface area contributed by atoms with Crippen molar-refractivity contribution in [2.45, 2.75) is 69.7 Å². The van der Waals surface area contributed by atoms with E-state index in [9.17, 15) is 14.0 Å². The number of ether oxygens (including phenoxy) is 1. The highest BCUT2D eigenvalue weighted by atomic mass is 19.1. The number of carbonyl (C=O) groups is 2. The predicted molar refractivity (Wildman–Crippen MR) is 172 cm³/mol. The van der Waals surface area contributed by atoms with Crippen LogP contribution in [0.25, 0.3) is 33.6 Å². The largest absolute Gasteiger partial charge is 0.494 e. The minimum atomic E-state index is -1.12. The Kier molecular flexibility index (Phi) is 6.54. The lowest BCUT2D eigenvalue weighted by Crippen LogP contribution is -2.70. The van der Waals surface area contributed by atoms with Crippen molar-refractivity contribution in [2.75, 3.05) is 27.2 Å². The molecule has 0 unspecified atom stereocenters. The Labute approximate surface area is 266 Å². The van der Waals surface area contributed by atoms with Crippen molar-refractivity contribution in [3.8, 4) is 17.3 Å². The summed E-state index contributed by atoms with van der Waals surface area (Å²) in [6, 6.07) is 9.37. The van der Waals surface area contributed by atoms with E-state index in [2.05, 4.69) is 16.0 Å². The molecule has 3 N–H and O–H groups in total. The molecular formula is C34H41FN8O3. The van der Waals surface area contributed by atoms with Gasteiger partial charge >= 0.3 is 0 Å². The molecule has 2 amide bonds. The van der Waals surface area contributed by atoms with E-state index in [-0.39, 0.29) is 23.9 Å². The van der Waals surface area contributed by atoms with Crippen LogP contribution in [0.4, 0.5) is 4.39 Å². The lowest BCUT2D eigenvalue weighted by molar-refractivity contribution is -0.214. The average molecular weight is 629 g/mol. The van der Waals surface area contributed by atoms with Crippen molar-refractivity contribution in [3.05, 3.63) is 41.6 Å². The molecule has 9 rings (SSSR count). The van der Waals surface area contributed by atoms with Gasteiger partial charge < -0.3 is 24.9 Å². The number of imidazole rings is 1. The number of alkyl halides is 1. The Morgan fingerprint density at radius 3 is 2.59 bits per heavy atom. The molecule has 0 radical (unpaired) electrons. The number of carbonyl (C=O) groups excluding carboxylic acids is 2. The van der Waals surface area contributed by atoms with Gasteiger partial charge in [-0.25, -0.2) is 19.4 Å². The lowest BCUT2D eigenvalue weighted by atomic mass is 9.42. The summed E-state index contributed by atoms with van der Waals surface area (Å²) in [4.78, 5) is 36.8. The molecule has 5 fully saturated rings. The Morgan fingerprint density at radius 1 is 1.13 bits per heavy atom. The maximum atomic E-state index is 14.1. The van der Waals surface area contributed by atoms with Crippen LogP contribution in [0.15, 0.2) is 30.3 Å². The third-order valence-corrected chi connectivity index (χ3v) is 10.6. The molecule has 242 valence electrons. The normalized spacial score (nSPS) is 26.6. The van der Waals surface area contributed by atoms with Gasteiger partial charge in [0.2, 0.25) is 5.91 Å². The number of hydrogen-bond donors (Lipinski definition) is 2. The third-order valence-electron chi connectivity index (χ3n) is 10.6. The average Bonchev–Trinajstić information content (AvgIpc) is 3.68. The van der Waals surface area contributed by atoms with Gasteiger partial charge in [-0.05, 0) is 81.7 Å². The number of methoxy groups -OCH3 is 1. The predicted octanol–water partition coefficient (Wildman–Crippen LogP) is 4.10. The highest BCUT2D eigenvalue weighted by Gasteiger charge is 2.72. The van der Waals surface area contributed by atoms with Crippen molar-refractivity contribution in [1.82, 2.24) is 34.4 Å². The van der Waals surface area contributed by atoms with E-state index in [1.54, 1.807) is 18.2 Å². The number of nitrogens with two attached hydrogens (primary N) is 1. The van der Waals surface area contributed by atoms with Crippen LogP contribution in [0, 0.1) is 11.3 Å². The molecule has 0 spiro atoms. The monoisotopic (exact) mass is 628 g/mol. The summed E-state index contributed by atoms with van der Waals surface area (Å²) in [6.07, 6.45) is 4.17. The first-order valence-electron chi connectivity index (χ1n) is 16.3. The second-order valence-electron chi connectivity index (χ2n) is 14.2. The molecule has 1 aliphatic heterocycles. The fourth-order valence-electron chi connectivity index (χ4n) is 7.77. The maximum absolute atomic E-state index is 14.1. The zero-order valence-corrected chi connectivity index (χ0v) is 26.8. The van der Waals surface area contributed by atoms with Crippen LogP contribution < -0.4 is 15.8 Å². The maximum Gasteiger partial charge on any atom is 0.268 e. The second-order valence-corrected chi connectivity index (χ2v) is 14.2. The van der Waals surface area contributed by atoms with Crippen LogP contribution >= 0.6 is 0 Å². The quantitative estimate of drug-likeness (QED) is 0.301. The standard InChI is InChI=1S/C34H41FN8O3/c1-19(37-32(45)33-16-34(35,17-33)18-33)24-8-7-21-12-26(42(29(21)38-24)14-20-5-6-20)30-39-25-11-22(13-27(46-4)28(25)41(30)3)31(44)43-15-23(36)9-10-40(43)2/h7-8,11-13,19-20,23H,5-6,9-10,14-18,36H2,1-4H3,(H,37,45)/t19-,23-,33?,34?/m1/s1. The number of halogens is 1. The molecule has 2 bridgehead atoms. The molecule has 46 heavy (non-hydrogen) atoms. The summed E-state index contributed by atoms with van der Waals surface area (Å²) < 4.78 is 24.2. The van der Waals surface area contributed by atoms with Crippen molar-refractivity contribution in [1.29, 1.82) is 0 Å². The molecule has 4 aromatic rings. The minimum Gasteiger partial charge on any atom is -0.494 e. The van der Waals surface area contributed by atoms with Gasteiger partial charge in [0.1, 0.15) is 22.6 Å². The van der Waals surface area contributed by atoms with Crippen molar-refractivity contribution < 1.29 is 18.7 Å². The number of nitrogens with one attached hydrogen (secondary N) is 1. The molecule has 4 aliphatic carbocycles. The summed E-state index contributed by atoms with van der Waals surface area (Å²) in [7, 11) is 5.48. The van der Waals surface area contributed by atoms with Gasteiger partial charge in [0.25, 0.3) is 5.91 Å². The number of aromatic nitrogens is 4. The van der Waals surface area contributed by atoms with Gasteiger partial charge in [0.05, 0.1) is 42.0 Å². The molecule has 12 heteroatoms. The van der Waals surface area contributed by atoms with Crippen LogP contribution in [0.3, 0.4) is 0 Å². The summed E-state index contributed by atoms with van der Waals surface area (Å²) in [5.74, 6) is 1.68. The van der Waals surface area contributed by atoms with Crippen LogP contribution in [-0.2, 0) is 18.4 Å². The third kappa shape index (κ3) is 4.59. The summed E-state index contributed by atoms with van der Waals surface area (Å²) in [5, 5.41) is 7.71. The highest BCUT2D eigenvalue weighted by molar-refractivity contribution is 6.00. The van der Waals surface area contributed by atoms with Crippen LogP contribution in [0.1, 0.15) is 67.5 Å². The molecule has 1 aromatic carbocycles. The number of rotatable bonds is 8. The molecule has 2 atom stereocenters. The van der Waals surface area contributed by atoms with E-state index in [1.807, 2.05) is 48.8 Å². The number of hydrogen-bond acceptors (Lipinski definition) is 7. The number of nitrogens with zero attached hydrogens (tertiary/aromatic N) is 6. The van der Waals surface area contributed by atoms with E-state index in [0.717, 1.165) is 46.7 Å². The summed E-state index contributed by atoms with van der Waals surface area (Å²) >= 11 is 0. The SMILES string of the molecule is COc1cc(C(=O)N2C[C@H](N)CCN2C)cc2nc(-c3cc4ccc([C@@H](C)NC(=O)C56CC(F)(C5)C6)nc4n3CC3CC3)n(C)c12. The number of fused-ring (bicyclic) bond motifs is 2. The molecule has 11 nitrogen and oxygen atoms in total. The first kappa shape index (κ1) is 29.4. The van der Waals surface area contributed by atoms with Gasteiger partial charge in [-0.2, -0.15) is 0 Å². The molecule has 5 aliphatic rings. The van der Waals surface area contributed by atoms with E-state index in [4.69, 9.17) is 20.4 Å². The van der Waals surface area contributed by atoms with E-state index >= 15 is 0 Å². The number of pyridine rings is 1. The van der Waals surface area contributed by atoms with Gasteiger partial charge in [-0.3, -0.25) is 14.6 Å². The number of hydrazine groups is 1. The van der Waals surface area contributed by atoms with Crippen molar-refractivity contribution in [3.63, 3.8) is 0 Å². The smallest absolute Gasteiger partial charge is 0.268 e. The van der Waals surface area contributed by atoms with Gasteiger partial charge in [0, 0.05) is 44.2 Å². The summed E-state index contributed by atoms with van der Waals surface area (Å²) in [5.41, 5.74) is 9.05. The van der Waals surface area contributed by atoms with E-state index < -0.39 is 11.1 Å². The highest BCUT2D eigenvalue weighted by Crippen LogP contribution is 2.69. The van der Waals surface area contributed by atoms with Crippen LogP contribution in [0.2, 0.25) is 0 Å². The van der Waals surface area contributed by atoms with Crippen LogP contribution in [-0.4, -0.2) is 79.9 Å². The van der Waals surface area contributed by atoms with Crippen LogP contribution in [0.5, 0.6) is 5.75 Å². The minimum absolute atomic E-state index is 0.0640. The topological polar surface area (TPSA) is 124 Å². The Hall–Kier alpha value is -4.03. The lowest BCUT2D eigenvalue weighted by Gasteiger charge is -2.64. The zero-order valence-electron chi connectivity index (χ0n) is 26.8. The van der Waals surface area contributed by atoms with Gasteiger partial charge in [0.15, 0.2) is 5.82 Å². The first-order valence-corrected chi connectivity index (χ1v) is 16.3. The Bertz CT molecular complexity index is 1890. The van der Waals surface area contributed by atoms with Crippen molar-refractivity contribution >= 4 is 33.9 Å². The molecule has 4 saturated carbocycles. The van der Waals surface area contributed by atoms with E-state index in [1.165, 1.54) is 12.8 Å². The molecule has 4 heterocycles.